The maximum absolute atomic E-state index is 12.0. The molecule has 0 fully saturated rings. The second-order valence-corrected chi connectivity index (χ2v) is 9.34. The molecule has 0 heterocycles. The summed E-state index contributed by atoms with van der Waals surface area (Å²) in [7, 11) is 5.77. The predicted octanol–water partition coefficient (Wildman–Crippen LogP) is 5.53. The van der Waals surface area contributed by atoms with Gasteiger partial charge in [-0.3, -0.25) is 9.59 Å². The molecule has 35 heavy (non-hydrogen) atoms. The molecule has 0 saturated carbocycles. The Bertz CT molecular complexity index is 754. The van der Waals surface area contributed by atoms with Crippen molar-refractivity contribution in [2.24, 2.45) is 0 Å². The summed E-state index contributed by atoms with van der Waals surface area (Å²) < 4.78 is 5.86. The standard InChI is InChI=1S/C29H45NO5/c1-5-6-7-8-9-10-11-12-13-14-15-18-21-26(31)22-19-16-17-20-23-29(34)35-27(24-28(32)33)25-30(2,3)4/h6-7,9-10,12-13,15-19,22,26-27,31H,5,8,11,14,20-21,23-25H2,1-4H3/p+1/b7-6+,10-9+,13-12+,17-16+,18-15+,22-19+. The summed E-state index contributed by atoms with van der Waals surface area (Å²) in [5, 5.41) is 19.0. The van der Waals surface area contributed by atoms with Gasteiger partial charge in [-0.15, -0.1) is 0 Å². The molecule has 0 spiro atoms. The number of aliphatic carboxylic acids is 1. The molecule has 0 bridgehead atoms. The van der Waals surface area contributed by atoms with Gasteiger partial charge in [-0.2, -0.15) is 0 Å². The topological polar surface area (TPSA) is 83.8 Å². The minimum absolute atomic E-state index is 0.183. The van der Waals surface area contributed by atoms with Crippen LogP contribution < -0.4 is 0 Å². The number of esters is 1. The maximum atomic E-state index is 12.0. The largest absolute Gasteiger partial charge is 0.481 e. The first kappa shape index (κ1) is 32.3. The number of carbonyl (C=O) groups excluding carboxylic acids is 1. The van der Waals surface area contributed by atoms with E-state index in [-0.39, 0.29) is 12.8 Å². The second-order valence-electron chi connectivity index (χ2n) is 9.34. The molecule has 0 aliphatic rings. The van der Waals surface area contributed by atoms with E-state index >= 15 is 0 Å². The summed E-state index contributed by atoms with van der Waals surface area (Å²) >= 11 is 0. The summed E-state index contributed by atoms with van der Waals surface area (Å²) in [5.41, 5.74) is 0. The highest BCUT2D eigenvalue weighted by Gasteiger charge is 2.24. The summed E-state index contributed by atoms with van der Waals surface area (Å²) in [5.74, 6) is -1.39. The summed E-state index contributed by atoms with van der Waals surface area (Å²) in [4.78, 5) is 23.0. The third-order valence-corrected chi connectivity index (χ3v) is 4.64. The van der Waals surface area contributed by atoms with Crippen molar-refractivity contribution >= 4 is 11.9 Å². The lowest BCUT2D eigenvalue weighted by molar-refractivity contribution is -0.873. The summed E-state index contributed by atoms with van der Waals surface area (Å²) in [6.45, 7) is 2.57. The Morgan fingerprint density at radius 3 is 1.97 bits per heavy atom. The molecule has 0 rings (SSSR count). The molecule has 2 atom stereocenters. The lowest BCUT2D eigenvalue weighted by Gasteiger charge is -2.28. The molecule has 0 saturated heterocycles. The van der Waals surface area contributed by atoms with E-state index in [0.29, 0.717) is 23.9 Å². The smallest absolute Gasteiger partial charge is 0.307 e. The molecule has 6 heteroatoms. The van der Waals surface area contributed by atoms with Crippen molar-refractivity contribution in [3.8, 4) is 0 Å². The van der Waals surface area contributed by atoms with Crippen LogP contribution in [0.1, 0.15) is 58.3 Å². The minimum Gasteiger partial charge on any atom is -0.481 e. The zero-order valence-electron chi connectivity index (χ0n) is 22.0. The van der Waals surface area contributed by atoms with Crippen molar-refractivity contribution in [2.75, 3.05) is 27.7 Å². The van der Waals surface area contributed by atoms with Gasteiger partial charge in [0.1, 0.15) is 6.54 Å². The molecule has 2 N–H and O–H groups in total. The Balaban J connectivity index is 4.07. The molecule has 6 nitrogen and oxygen atoms in total. The third-order valence-electron chi connectivity index (χ3n) is 4.64. The Hall–Kier alpha value is -2.70. The van der Waals surface area contributed by atoms with Crippen LogP contribution in [0, 0.1) is 0 Å². The van der Waals surface area contributed by atoms with Crippen LogP contribution in [0.4, 0.5) is 0 Å². The van der Waals surface area contributed by atoms with E-state index < -0.39 is 24.1 Å². The first-order chi connectivity index (χ1) is 16.6. The molecule has 196 valence electrons. The molecule has 0 aromatic carbocycles. The van der Waals surface area contributed by atoms with Crippen molar-refractivity contribution in [2.45, 2.75) is 70.5 Å². The van der Waals surface area contributed by atoms with Crippen LogP contribution in [0.5, 0.6) is 0 Å². The highest BCUT2D eigenvalue weighted by molar-refractivity contribution is 5.71. The fraction of sp³-hybridized carbons (Fsp3) is 0.517. The van der Waals surface area contributed by atoms with E-state index in [1.165, 1.54) is 0 Å². The number of carboxylic acid groups (broad SMARTS) is 1. The lowest BCUT2D eigenvalue weighted by atomic mass is 10.2. The predicted molar refractivity (Wildman–Crippen MR) is 144 cm³/mol. The average Bonchev–Trinajstić information content (AvgIpc) is 2.75. The zero-order valence-corrected chi connectivity index (χ0v) is 22.0. The lowest BCUT2D eigenvalue weighted by Crippen LogP contribution is -2.43. The van der Waals surface area contributed by atoms with Crippen molar-refractivity contribution < 1.29 is 29.0 Å². The summed E-state index contributed by atoms with van der Waals surface area (Å²) in [6.07, 6.45) is 27.7. The van der Waals surface area contributed by atoms with E-state index in [2.05, 4.69) is 43.4 Å². The van der Waals surface area contributed by atoms with Crippen molar-refractivity contribution in [1.82, 2.24) is 0 Å². The highest BCUT2D eigenvalue weighted by Crippen LogP contribution is 2.08. The minimum atomic E-state index is -0.981. The number of carbonyl (C=O) groups is 2. The van der Waals surface area contributed by atoms with Crippen LogP contribution in [0.3, 0.4) is 0 Å². The molecule has 0 amide bonds. The van der Waals surface area contributed by atoms with E-state index in [1.54, 1.807) is 18.2 Å². The molecule has 2 unspecified atom stereocenters. The fourth-order valence-corrected chi connectivity index (χ4v) is 3.06. The molecule has 0 aromatic rings. The van der Waals surface area contributed by atoms with Gasteiger partial charge in [-0.05, 0) is 38.5 Å². The van der Waals surface area contributed by atoms with Crippen molar-refractivity contribution in [3.05, 3.63) is 72.9 Å². The van der Waals surface area contributed by atoms with Crippen LogP contribution in [0.2, 0.25) is 0 Å². The number of allylic oxidation sites excluding steroid dienone is 10. The number of quaternary nitrogens is 1. The number of carboxylic acids is 1. The number of hydrogen-bond acceptors (Lipinski definition) is 4. The van der Waals surface area contributed by atoms with E-state index in [9.17, 15) is 14.7 Å². The number of hydrogen-bond donors (Lipinski definition) is 2. The quantitative estimate of drug-likeness (QED) is 0.108. The Morgan fingerprint density at radius 2 is 1.43 bits per heavy atom. The van der Waals surface area contributed by atoms with Gasteiger partial charge in [0.25, 0.3) is 0 Å². The van der Waals surface area contributed by atoms with Gasteiger partial charge < -0.3 is 19.4 Å². The zero-order chi connectivity index (χ0) is 26.4. The number of likely N-dealkylation sites (N-methyl/N-ethyl adjacent to an activating group) is 1. The molecule has 0 aliphatic carbocycles. The second kappa shape index (κ2) is 20.7. The molecule has 0 aromatic heterocycles. The van der Waals surface area contributed by atoms with E-state index in [1.807, 2.05) is 39.4 Å². The van der Waals surface area contributed by atoms with Crippen LogP contribution >= 0.6 is 0 Å². The molecular formula is C29H46NO5+. The van der Waals surface area contributed by atoms with Gasteiger partial charge in [0, 0.05) is 6.42 Å². The van der Waals surface area contributed by atoms with E-state index in [4.69, 9.17) is 9.84 Å². The van der Waals surface area contributed by atoms with Crippen LogP contribution in [-0.2, 0) is 14.3 Å². The van der Waals surface area contributed by atoms with Crippen LogP contribution in [0.25, 0.3) is 0 Å². The average molecular weight is 489 g/mol. The number of aliphatic hydroxyl groups is 1. The summed E-state index contributed by atoms with van der Waals surface area (Å²) in [6, 6.07) is 0. The fourth-order valence-electron chi connectivity index (χ4n) is 3.06. The number of aliphatic hydroxyl groups excluding tert-OH is 1. The number of ether oxygens (including phenoxy) is 1. The van der Waals surface area contributed by atoms with Gasteiger partial charge in [0.15, 0.2) is 6.10 Å². The van der Waals surface area contributed by atoms with E-state index in [0.717, 1.165) is 25.7 Å². The molecule has 0 radical (unpaired) electrons. The van der Waals surface area contributed by atoms with Gasteiger partial charge >= 0.3 is 11.9 Å². The van der Waals surface area contributed by atoms with Gasteiger partial charge in [-0.25, -0.2) is 0 Å². The highest BCUT2D eigenvalue weighted by atomic mass is 16.5. The Morgan fingerprint density at radius 1 is 0.857 bits per heavy atom. The number of nitrogens with zero attached hydrogens (tertiary/aromatic N) is 1. The first-order valence-corrected chi connectivity index (χ1v) is 12.5. The van der Waals surface area contributed by atoms with Crippen LogP contribution in [-0.4, -0.2) is 66.5 Å². The van der Waals surface area contributed by atoms with Gasteiger partial charge in [0.2, 0.25) is 0 Å². The SMILES string of the molecule is CC/C=C/C/C=C/C/C=C/C/C=C/CC(O)/C=C/C=C/CCC(=O)OC(CC(=O)O)C[N+](C)(C)C. The Kier molecular flexibility index (Phi) is 19.1. The van der Waals surface area contributed by atoms with Crippen molar-refractivity contribution in [1.29, 1.82) is 0 Å². The Labute approximate surface area is 212 Å². The molecular weight excluding hydrogens is 442 g/mol. The molecule has 0 aliphatic heterocycles. The maximum Gasteiger partial charge on any atom is 0.307 e. The van der Waals surface area contributed by atoms with Crippen molar-refractivity contribution in [3.63, 3.8) is 0 Å². The normalized spacial score (nSPS) is 14.9. The van der Waals surface area contributed by atoms with Gasteiger partial charge in [0.05, 0.1) is 33.7 Å². The van der Waals surface area contributed by atoms with Crippen LogP contribution in [0.15, 0.2) is 72.9 Å². The monoisotopic (exact) mass is 488 g/mol. The van der Waals surface area contributed by atoms with Gasteiger partial charge in [-0.1, -0.05) is 79.8 Å². The third kappa shape index (κ3) is 24.2. The first-order valence-electron chi connectivity index (χ1n) is 12.5. The number of rotatable bonds is 19.